The lowest BCUT2D eigenvalue weighted by molar-refractivity contribution is 0.267. The largest absolute Gasteiger partial charge is 0.471 e. The van der Waals surface area contributed by atoms with Gasteiger partial charge in [0.1, 0.15) is 17.5 Å². The van der Waals surface area contributed by atoms with E-state index in [2.05, 4.69) is 9.97 Å². The minimum atomic E-state index is -1.07. The van der Waals surface area contributed by atoms with Gasteiger partial charge in [0.25, 0.3) is 11.8 Å². The molecule has 0 N–H and O–H groups in total. The molecule has 0 amide bonds. The summed E-state index contributed by atoms with van der Waals surface area (Å²) in [5.41, 5.74) is -0.138. The summed E-state index contributed by atoms with van der Waals surface area (Å²) in [6.07, 6.45) is 1.34. The zero-order valence-electron chi connectivity index (χ0n) is 13.8. The summed E-state index contributed by atoms with van der Waals surface area (Å²) >= 11 is 5.73. The summed E-state index contributed by atoms with van der Waals surface area (Å²) in [7, 11) is 0. The standard InChI is InChI=1S/C18H11ClF4N2O2/c1-9-15(22)17(26-8-10-2-3-12(20)13(21)6-10)25-18(16(9)23)27-11-4-5-24-14(19)7-11/h2-7H,8H2,1H3. The Kier molecular flexibility index (Phi) is 5.46. The molecule has 0 bridgehead atoms. The molecule has 1 aromatic carbocycles. The summed E-state index contributed by atoms with van der Waals surface area (Å²) in [6, 6.07) is 5.81. The SMILES string of the molecule is Cc1c(F)c(OCc2ccc(F)c(F)c2)nc(Oc2ccnc(Cl)c2)c1F. The van der Waals surface area contributed by atoms with E-state index < -0.39 is 35.0 Å². The predicted octanol–water partition coefficient (Wildman–Crippen LogP) is 5.37. The summed E-state index contributed by atoms with van der Waals surface area (Å²) in [5, 5.41) is 0.113. The fraction of sp³-hybridized carbons (Fsp3) is 0.111. The average Bonchev–Trinajstić information content (AvgIpc) is 2.64. The number of nitrogens with zero attached hydrogens (tertiary/aromatic N) is 2. The fourth-order valence-electron chi connectivity index (χ4n) is 2.11. The molecular formula is C18H11ClF4N2O2. The van der Waals surface area contributed by atoms with E-state index in [1.165, 1.54) is 31.3 Å². The Labute approximate surface area is 156 Å². The van der Waals surface area contributed by atoms with Crippen LogP contribution in [0.2, 0.25) is 5.15 Å². The fourth-order valence-corrected chi connectivity index (χ4v) is 2.28. The molecule has 0 atom stereocenters. The van der Waals surface area contributed by atoms with E-state index in [1.54, 1.807) is 0 Å². The van der Waals surface area contributed by atoms with Crippen LogP contribution < -0.4 is 9.47 Å². The normalized spacial score (nSPS) is 10.7. The topological polar surface area (TPSA) is 44.2 Å². The van der Waals surface area contributed by atoms with Crippen LogP contribution >= 0.6 is 11.6 Å². The summed E-state index contributed by atoms with van der Waals surface area (Å²) in [6.45, 7) is 0.871. The summed E-state index contributed by atoms with van der Waals surface area (Å²) in [5.74, 6) is -5.08. The quantitative estimate of drug-likeness (QED) is 0.428. The number of halogens is 5. The van der Waals surface area contributed by atoms with Gasteiger partial charge < -0.3 is 9.47 Å². The Hall–Kier alpha value is -2.87. The maximum absolute atomic E-state index is 14.3. The molecule has 27 heavy (non-hydrogen) atoms. The molecule has 0 aliphatic rings. The van der Waals surface area contributed by atoms with Crippen LogP contribution in [-0.2, 0) is 6.61 Å². The highest BCUT2D eigenvalue weighted by molar-refractivity contribution is 6.29. The number of hydrogen-bond donors (Lipinski definition) is 0. The highest BCUT2D eigenvalue weighted by atomic mass is 35.5. The zero-order valence-corrected chi connectivity index (χ0v) is 14.5. The number of ether oxygens (including phenoxy) is 2. The molecule has 4 nitrogen and oxygen atoms in total. The maximum atomic E-state index is 14.3. The van der Waals surface area contributed by atoms with Crippen molar-refractivity contribution in [1.82, 2.24) is 9.97 Å². The Balaban J connectivity index is 1.86. The van der Waals surface area contributed by atoms with Crippen molar-refractivity contribution in [3.8, 4) is 17.5 Å². The van der Waals surface area contributed by atoms with E-state index >= 15 is 0 Å². The molecule has 2 heterocycles. The maximum Gasteiger partial charge on any atom is 0.259 e. The summed E-state index contributed by atoms with van der Waals surface area (Å²) < 4.78 is 65.2. The van der Waals surface area contributed by atoms with Gasteiger partial charge in [-0.05, 0) is 30.7 Å². The van der Waals surface area contributed by atoms with Gasteiger partial charge in [0.05, 0.1) is 0 Å². The molecule has 0 unspecified atom stereocenters. The van der Waals surface area contributed by atoms with Gasteiger partial charge >= 0.3 is 0 Å². The molecule has 2 aromatic heterocycles. The first-order chi connectivity index (χ1) is 12.8. The van der Waals surface area contributed by atoms with E-state index in [9.17, 15) is 17.6 Å². The molecule has 0 aliphatic carbocycles. The van der Waals surface area contributed by atoms with Crippen LogP contribution in [0.4, 0.5) is 17.6 Å². The second kappa shape index (κ2) is 7.79. The molecular weight excluding hydrogens is 388 g/mol. The Morgan fingerprint density at radius 3 is 2.41 bits per heavy atom. The van der Waals surface area contributed by atoms with Crippen LogP contribution in [0.15, 0.2) is 36.5 Å². The van der Waals surface area contributed by atoms with Crippen molar-refractivity contribution < 1.29 is 27.0 Å². The van der Waals surface area contributed by atoms with Crippen molar-refractivity contribution in [2.75, 3.05) is 0 Å². The number of rotatable bonds is 5. The van der Waals surface area contributed by atoms with E-state index in [0.29, 0.717) is 0 Å². The van der Waals surface area contributed by atoms with Crippen molar-refractivity contribution in [3.05, 3.63) is 76.1 Å². The third-order valence-electron chi connectivity index (χ3n) is 3.51. The van der Waals surface area contributed by atoms with Crippen molar-refractivity contribution in [3.63, 3.8) is 0 Å². The minimum Gasteiger partial charge on any atom is -0.471 e. The van der Waals surface area contributed by atoms with E-state index in [1.807, 2.05) is 0 Å². The molecule has 0 radical (unpaired) electrons. The number of hydrogen-bond acceptors (Lipinski definition) is 4. The molecule has 0 fully saturated rings. The van der Waals surface area contributed by atoms with Gasteiger partial charge in [-0.25, -0.2) is 22.5 Å². The number of aromatic nitrogens is 2. The molecule has 140 valence electrons. The molecule has 0 spiro atoms. The van der Waals surface area contributed by atoms with Crippen molar-refractivity contribution >= 4 is 11.6 Å². The minimum absolute atomic E-state index is 0.113. The zero-order chi connectivity index (χ0) is 19.6. The molecule has 3 rings (SSSR count). The van der Waals surface area contributed by atoms with Crippen molar-refractivity contribution in [2.45, 2.75) is 13.5 Å². The van der Waals surface area contributed by atoms with Gasteiger partial charge in [0.15, 0.2) is 23.3 Å². The first-order valence-corrected chi connectivity index (χ1v) is 7.94. The molecule has 0 saturated carbocycles. The summed E-state index contributed by atoms with van der Waals surface area (Å²) in [4.78, 5) is 7.45. The third kappa shape index (κ3) is 4.28. The van der Waals surface area contributed by atoms with Crippen LogP contribution in [0, 0.1) is 30.2 Å². The van der Waals surface area contributed by atoms with Gasteiger partial charge in [-0.15, -0.1) is 0 Å². The lowest BCUT2D eigenvalue weighted by atomic mass is 10.2. The molecule has 3 aromatic rings. The Bertz CT molecular complexity index is 1000. The second-order valence-electron chi connectivity index (χ2n) is 5.43. The van der Waals surface area contributed by atoms with Crippen LogP contribution in [0.25, 0.3) is 0 Å². The van der Waals surface area contributed by atoms with Crippen molar-refractivity contribution in [2.24, 2.45) is 0 Å². The highest BCUT2D eigenvalue weighted by Crippen LogP contribution is 2.31. The van der Waals surface area contributed by atoms with E-state index in [0.717, 1.165) is 12.1 Å². The van der Waals surface area contributed by atoms with Gasteiger partial charge in [0.2, 0.25) is 0 Å². The van der Waals surface area contributed by atoms with Crippen molar-refractivity contribution in [1.29, 1.82) is 0 Å². The van der Waals surface area contributed by atoms with Crippen LogP contribution in [0.1, 0.15) is 11.1 Å². The van der Waals surface area contributed by atoms with Gasteiger partial charge in [-0.3, -0.25) is 0 Å². The first-order valence-electron chi connectivity index (χ1n) is 7.57. The predicted molar refractivity (Wildman–Crippen MR) is 88.9 cm³/mol. The third-order valence-corrected chi connectivity index (χ3v) is 3.72. The lowest BCUT2D eigenvalue weighted by Gasteiger charge is -2.12. The monoisotopic (exact) mass is 398 g/mol. The van der Waals surface area contributed by atoms with Gasteiger partial charge in [-0.1, -0.05) is 17.7 Å². The van der Waals surface area contributed by atoms with Crippen LogP contribution in [0.3, 0.4) is 0 Å². The average molecular weight is 399 g/mol. The lowest BCUT2D eigenvalue weighted by Crippen LogP contribution is -2.05. The van der Waals surface area contributed by atoms with E-state index in [4.69, 9.17) is 21.1 Å². The smallest absolute Gasteiger partial charge is 0.259 e. The molecule has 9 heteroatoms. The van der Waals surface area contributed by atoms with Crippen LogP contribution in [-0.4, -0.2) is 9.97 Å². The number of benzene rings is 1. The second-order valence-corrected chi connectivity index (χ2v) is 5.82. The number of pyridine rings is 2. The first kappa shape index (κ1) is 18.9. The Morgan fingerprint density at radius 2 is 1.70 bits per heavy atom. The van der Waals surface area contributed by atoms with Gasteiger partial charge in [0, 0.05) is 17.8 Å². The van der Waals surface area contributed by atoms with Gasteiger partial charge in [-0.2, -0.15) is 4.98 Å². The molecule has 0 aliphatic heterocycles. The van der Waals surface area contributed by atoms with Crippen LogP contribution in [0.5, 0.6) is 17.5 Å². The highest BCUT2D eigenvalue weighted by Gasteiger charge is 2.20. The molecule has 0 saturated heterocycles. The van der Waals surface area contributed by atoms with E-state index in [-0.39, 0.29) is 28.6 Å². The Morgan fingerprint density at radius 1 is 0.963 bits per heavy atom.